The summed E-state index contributed by atoms with van der Waals surface area (Å²) in [7, 11) is 2.02. The van der Waals surface area contributed by atoms with Crippen LogP contribution in [0.1, 0.15) is 30.4 Å². The molecular weight excluding hydrogens is 513 g/mol. The van der Waals surface area contributed by atoms with Gasteiger partial charge in [0.15, 0.2) is 0 Å². The molecule has 1 N–H and O–H groups in total. The van der Waals surface area contributed by atoms with E-state index in [2.05, 4.69) is 31.4 Å². The molecule has 206 valence electrons. The highest BCUT2D eigenvalue weighted by Gasteiger charge is 2.33. The molecule has 10 nitrogen and oxygen atoms in total. The number of ether oxygens (including phenoxy) is 1. The molecule has 0 saturated carbocycles. The average molecular weight is 543 g/mol. The maximum atomic E-state index is 13.7. The number of alkyl halides is 3. The Kier molecular flexibility index (Phi) is 7.42. The molecule has 1 aromatic carbocycles. The molecular formula is C26H29F3N8O2. The van der Waals surface area contributed by atoms with Gasteiger partial charge in [-0.25, -0.2) is 0 Å². The first kappa shape index (κ1) is 26.8. The number of nitrogens with zero attached hydrogens (tertiary/aromatic N) is 7. The zero-order chi connectivity index (χ0) is 27.7. The highest BCUT2D eigenvalue weighted by Crippen LogP contribution is 2.34. The first-order valence-electron chi connectivity index (χ1n) is 12.8. The molecule has 2 aliphatic heterocycles. The number of piperazine rings is 1. The van der Waals surface area contributed by atoms with Gasteiger partial charge in [0.05, 0.1) is 35.3 Å². The molecule has 4 heterocycles. The van der Waals surface area contributed by atoms with Gasteiger partial charge >= 0.3 is 12.2 Å². The number of nitriles is 1. The van der Waals surface area contributed by atoms with Crippen LogP contribution >= 0.6 is 0 Å². The molecule has 3 aromatic rings. The van der Waals surface area contributed by atoms with Crippen molar-refractivity contribution >= 4 is 16.7 Å². The molecule has 2 saturated heterocycles. The van der Waals surface area contributed by atoms with Crippen LogP contribution in [0.25, 0.3) is 16.6 Å². The number of halogens is 3. The smallest absolute Gasteiger partial charge is 0.416 e. The van der Waals surface area contributed by atoms with E-state index in [1.165, 1.54) is 25.3 Å². The molecule has 39 heavy (non-hydrogen) atoms. The van der Waals surface area contributed by atoms with Crippen molar-refractivity contribution in [2.24, 2.45) is 0 Å². The van der Waals surface area contributed by atoms with E-state index in [-0.39, 0.29) is 34.9 Å². The lowest BCUT2D eigenvalue weighted by Gasteiger charge is -2.34. The minimum Gasteiger partial charge on any atom is -0.462 e. The van der Waals surface area contributed by atoms with Crippen LogP contribution in [-0.2, 0) is 6.18 Å². The minimum atomic E-state index is -4.58. The van der Waals surface area contributed by atoms with E-state index in [1.807, 2.05) is 11.9 Å². The Morgan fingerprint density at radius 1 is 1.26 bits per heavy atom. The molecule has 0 aliphatic carbocycles. The lowest BCUT2D eigenvalue weighted by Crippen LogP contribution is -2.51. The number of likely N-dealkylation sites (N-methyl/N-ethyl adjacent to an activating group) is 1. The van der Waals surface area contributed by atoms with Crippen molar-refractivity contribution in [3.63, 3.8) is 0 Å². The molecule has 5 rings (SSSR count). The number of nitrogens with one attached hydrogen (secondary N) is 1. The summed E-state index contributed by atoms with van der Waals surface area (Å²) in [5, 5.41) is 17.1. The third-order valence-electron chi connectivity index (χ3n) is 7.41. The van der Waals surface area contributed by atoms with Crippen molar-refractivity contribution in [1.82, 2.24) is 30.0 Å². The second-order valence-electron chi connectivity index (χ2n) is 9.95. The Hall–Kier alpha value is -3.76. The first-order chi connectivity index (χ1) is 18.7. The van der Waals surface area contributed by atoms with E-state index in [4.69, 9.17) is 4.74 Å². The number of fused-ring (bicyclic) bond motifs is 1. The van der Waals surface area contributed by atoms with E-state index < -0.39 is 17.3 Å². The largest absolute Gasteiger partial charge is 0.462 e. The zero-order valence-electron chi connectivity index (χ0n) is 21.7. The maximum absolute atomic E-state index is 13.7. The fraction of sp³-hybridized carbons (Fsp3) is 0.500. The van der Waals surface area contributed by atoms with Gasteiger partial charge in [-0.3, -0.25) is 4.79 Å². The van der Waals surface area contributed by atoms with Gasteiger partial charge in [0, 0.05) is 31.7 Å². The van der Waals surface area contributed by atoms with Gasteiger partial charge in [-0.2, -0.15) is 38.2 Å². The summed E-state index contributed by atoms with van der Waals surface area (Å²) < 4.78 is 47.6. The topological polar surface area (TPSA) is 112 Å². The van der Waals surface area contributed by atoms with Crippen LogP contribution in [0, 0.1) is 18.3 Å². The monoisotopic (exact) mass is 542 g/mol. The molecule has 2 fully saturated rings. The van der Waals surface area contributed by atoms with E-state index in [0.717, 1.165) is 30.1 Å². The third kappa shape index (κ3) is 5.39. The number of likely N-dealkylation sites (tertiary alicyclic amines) is 1. The highest BCUT2D eigenvalue weighted by atomic mass is 19.4. The molecule has 0 amide bonds. The number of anilines is 1. The molecule has 0 radical (unpaired) electrons. The van der Waals surface area contributed by atoms with Gasteiger partial charge in [-0.05, 0) is 51.1 Å². The number of hydrogen-bond donors (Lipinski definition) is 1. The Bertz CT molecular complexity index is 1470. The van der Waals surface area contributed by atoms with Crippen molar-refractivity contribution in [2.45, 2.75) is 44.4 Å². The van der Waals surface area contributed by atoms with E-state index in [1.54, 1.807) is 0 Å². The SMILES string of the molecule is Cc1c(-n2ncc3c(N4CCNC(CC#N)C4)nc(OC[C@@H]4CCCN4C)nc3c2=O)cccc1C(F)(F)F. The predicted molar refractivity (Wildman–Crippen MR) is 138 cm³/mol. The van der Waals surface area contributed by atoms with Crippen molar-refractivity contribution < 1.29 is 17.9 Å². The van der Waals surface area contributed by atoms with Gasteiger partial charge in [0.1, 0.15) is 17.9 Å². The van der Waals surface area contributed by atoms with Crippen LogP contribution in [0.15, 0.2) is 29.2 Å². The van der Waals surface area contributed by atoms with Crippen LogP contribution in [0.2, 0.25) is 0 Å². The zero-order valence-corrected chi connectivity index (χ0v) is 21.7. The summed E-state index contributed by atoms with van der Waals surface area (Å²) in [6.45, 7) is 4.26. The fourth-order valence-electron chi connectivity index (χ4n) is 5.25. The average Bonchev–Trinajstić information content (AvgIpc) is 3.32. The normalized spacial score (nSPS) is 20.4. The number of aromatic nitrogens is 4. The van der Waals surface area contributed by atoms with E-state index in [0.29, 0.717) is 43.9 Å². The van der Waals surface area contributed by atoms with E-state index in [9.17, 15) is 23.2 Å². The summed E-state index contributed by atoms with van der Waals surface area (Å²) in [6.07, 6.45) is -0.844. The number of rotatable bonds is 6. The van der Waals surface area contributed by atoms with Crippen molar-refractivity contribution in [3.05, 3.63) is 45.9 Å². The molecule has 0 bridgehead atoms. The minimum absolute atomic E-state index is 0.00282. The van der Waals surface area contributed by atoms with Crippen molar-refractivity contribution in [3.8, 4) is 17.8 Å². The first-order valence-corrected chi connectivity index (χ1v) is 12.8. The molecule has 0 spiro atoms. The Morgan fingerprint density at radius 2 is 2.08 bits per heavy atom. The summed E-state index contributed by atoms with van der Waals surface area (Å²) >= 11 is 0. The van der Waals surface area contributed by atoms with Crippen molar-refractivity contribution in [2.75, 3.05) is 44.7 Å². The number of hydrogen-bond acceptors (Lipinski definition) is 9. The van der Waals surface area contributed by atoms with Crippen LogP contribution in [0.4, 0.5) is 19.0 Å². The lowest BCUT2D eigenvalue weighted by molar-refractivity contribution is -0.138. The Balaban J connectivity index is 1.61. The van der Waals surface area contributed by atoms with Gasteiger partial charge in [-0.15, -0.1) is 0 Å². The second kappa shape index (κ2) is 10.8. The van der Waals surface area contributed by atoms with Crippen LogP contribution in [-0.4, -0.2) is 76.6 Å². The quantitative estimate of drug-likeness (QED) is 0.502. The second-order valence-corrected chi connectivity index (χ2v) is 9.95. The Labute approximate surface area is 223 Å². The lowest BCUT2D eigenvalue weighted by atomic mass is 10.1. The van der Waals surface area contributed by atoms with E-state index >= 15 is 0 Å². The molecule has 13 heteroatoms. The predicted octanol–water partition coefficient (Wildman–Crippen LogP) is 2.67. The van der Waals surface area contributed by atoms with Crippen molar-refractivity contribution in [1.29, 1.82) is 5.26 Å². The molecule has 2 aromatic heterocycles. The highest BCUT2D eigenvalue weighted by molar-refractivity contribution is 5.88. The summed E-state index contributed by atoms with van der Waals surface area (Å²) in [4.78, 5) is 26.9. The Morgan fingerprint density at radius 3 is 2.79 bits per heavy atom. The molecule has 2 aliphatic rings. The third-order valence-corrected chi connectivity index (χ3v) is 7.41. The summed E-state index contributed by atoms with van der Waals surface area (Å²) in [6, 6.07) is 5.93. The van der Waals surface area contributed by atoms with Gasteiger partial charge in [0.25, 0.3) is 5.56 Å². The standard InChI is InChI=1S/C26H29F3N8O2/c1-16-20(26(27,28)29)6-3-7-21(16)37-24(38)22-19(13-32-37)23(36-12-10-31-17(14-36)8-9-30)34-25(33-22)39-15-18-5-4-11-35(18)2/h3,6-7,13,17-18,31H,4-5,8,10-12,14-15H2,1-2H3/t17?,18-/m0/s1. The summed E-state index contributed by atoms with van der Waals surface area (Å²) in [5.74, 6) is 0.441. The van der Waals surface area contributed by atoms with Gasteiger partial charge in [0.2, 0.25) is 0 Å². The fourth-order valence-corrected chi connectivity index (χ4v) is 5.25. The summed E-state index contributed by atoms with van der Waals surface area (Å²) in [5.41, 5.74) is -1.62. The van der Waals surface area contributed by atoms with Crippen LogP contribution < -0.4 is 20.5 Å². The molecule has 1 unspecified atom stereocenters. The number of benzene rings is 1. The maximum Gasteiger partial charge on any atom is 0.416 e. The van der Waals surface area contributed by atoms with Crippen LogP contribution in [0.3, 0.4) is 0 Å². The molecule has 2 atom stereocenters. The van der Waals surface area contributed by atoms with Crippen LogP contribution in [0.5, 0.6) is 6.01 Å². The van der Waals surface area contributed by atoms with Gasteiger partial charge < -0.3 is 19.9 Å². The van der Waals surface area contributed by atoms with Gasteiger partial charge in [-0.1, -0.05) is 6.07 Å².